The Morgan fingerprint density at radius 3 is 2.72 bits per heavy atom. The van der Waals surface area contributed by atoms with Gasteiger partial charge in [0.05, 0.1) is 0 Å². The number of thioether (sulfide) groups is 1. The smallest absolute Gasteiger partial charge is 0.127 e. The lowest BCUT2D eigenvalue weighted by atomic mass is 10.2. The van der Waals surface area contributed by atoms with Gasteiger partial charge in [-0.1, -0.05) is 30.3 Å². The van der Waals surface area contributed by atoms with Crippen LogP contribution < -0.4 is 5.32 Å². The Balaban J connectivity index is 2.02. The fourth-order valence-corrected chi connectivity index (χ4v) is 2.69. The highest BCUT2D eigenvalue weighted by atomic mass is 32.2. The first kappa shape index (κ1) is 13.1. The van der Waals surface area contributed by atoms with E-state index in [2.05, 4.69) is 23.5 Å². The molecule has 0 radical (unpaired) electrons. The van der Waals surface area contributed by atoms with Gasteiger partial charge < -0.3 is 5.32 Å². The SMILES string of the molecule is CNCc1cccc(SCc2ccccc2F)c1. The van der Waals surface area contributed by atoms with Crippen LogP contribution in [0.5, 0.6) is 0 Å². The first-order valence-electron chi connectivity index (χ1n) is 5.89. The molecule has 0 aliphatic heterocycles. The van der Waals surface area contributed by atoms with Gasteiger partial charge in [-0.2, -0.15) is 0 Å². The lowest BCUT2D eigenvalue weighted by Crippen LogP contribution is -2.04. The molecule has 2 aromatic rings. The molecule has 0 atom stereocenters. The molecule has 0 heterocycles. The van der Waals surface area contributed by atoms with Crippen LogP contribution >= 0.6 is 11.8 Å². The Hall–Kier alpha value is -1.32. The van der Waals surface area contributed by atoms with E-state index in [0.29, 0.717) is 5.75 Å². The molecular formula is C15H16FNS. The van der Waals surface area contributed by atoms with Crippen LogP contribution in [-0.4, -0.2) is 7.05 Å². The maximum atomic E-state index is 13.5. The molecular weight excluding hydrogens is 245 g/mol. The zero-order chi connectivity index (χ0) is 12.8. The van der Waals surface area contributed by atoms with Crippen molar-refractivity contribution in [1.29, 1.82) is 0 Å². The summed E-state index contributed by atoms with van der Waals surface area (Å²) in [5.41, 5.74) is 2.00. The van der Waals surface area contributed by atoms with Crippen molar-refractivity contribution in [2.45, 2.75) is 17.2 Å². The van der Waals surface area contributed by atoms with E-state index in [1.54, 1.807) is 17.8 Å². The van der Waals surface area contributed by atoms with Crippen LogP contribution in [0.3, 0.4) is 0 Å². The van der Waals surface area contributed by atoms with E-state index in [1.807, 2.05) is 25.2 Å². The molecule has 18 heavy (non-hydrogen) atoms. The molecule has 0 fully saturated rings. The molecule has 0 saturated heterocycles. The van der Waals surface area contributed by atoms with Crippen molar-refractivity contribution in [3.63, 3.8) is 0 Å². The molecule has 0 aliphatic rings. The normalized spacial score (nSPS) is 10.6. The van der Waals surface area contributed by atoms with E-state index in [9.17, 15) is 4.39 Å². The van der Waals surface area contributed by atoms with Gasteiger partial charge in [-0.05, 0) is 36.4 Å². The summed E-state index contributed by atoms with van der Waals surface area (Å²) in [6, 6.07) is 15.3. The van der Waals surface area contributed by atoms with Gasteiger partial charge >= 0.3 is 0 Å². The molecule has 3 heteroatoms. The monoisotopic (exact) mass is 261 g/mol. The zero-order valence-corrected chi connectivity index (χ0v) is 11.1. The van der Waals surface area contributed by atoms with Crippen molar-refractivity contribution in [2.75, 3.05) is 7.05 Å². The van der Waals surface area contributed by atoms with Gasteiger partial charge in [-0.25, -0.2) is 4.39 Å². The van der Waals surface area contributed by atoms with Gasteiger partial charge in [0, 0.05) is 17.2 Å². The summed E-state index contributed by atoms with van der Waals surface area (Å²) < 4.78 is 13.5. The molecule has 2 aromatic carbocycles. The van der Waals surface area contributed by atoms with Gasteiger partial charge in [0.1, 0.15) is 5.82 Å². The third-order valence-corrected chi connectivity index (χ3v) is 3.67. The molecule has 0 bridgehead atoms. The van der Waals surface area contributed by atoms with Gasteiger partial charge in [0.2, 0.25) is 0 Å². The molecule has 0 unspecified atom stereocenters. The number of nitrogens with one attached hydrogen (secondary N) is 1. The predicted molar refractivity (Wildman–Crippen MR) is 75.2 cm³/mol. The summed E-state index contributed by atoms with van der Waals surface area (Å²) in [7, 11) is 1.93. The van der Waals surface area contributed by atoms with Crippen LogP contribution in [0.2, 0.25) is 0 Å². The molecule has 0 aromatic heterocycles. The topological polar surface area (TPSA) is 12.0 Å². The Morgan fingerprint density at radius 2 is 1.94 bits per heavy atom. The minimum atomic E-state index is -0.128. The number of hydrogen-bond donors (Lipinski definition) is 1. The highest BCUT2D eigenvalue weighted by Gasteiger charge is 2.02. The quantitative estimate of drug-likeness (QED) is 0.821. The van der Waals surface area contributed by atoms with Crippen molar-refractivity contribution < 1.29 is 4.39 Å². The van der Waals surface area contributed by atoms with Crippen molar-refractivity contribution >= 4 is 11.8 Å². The molecule has 2 rings (SSSR count). The first-order chi connectivity index (χ1) is 8.79. The van der Waals surface area contributed by atoms with Gasteiger partial charge in [0.25, 0.3) is 0 Å². The third kappa shape index (κ3) is 3.59. The summed E-state index contributed by atoms with van der Waals surface area (Å²) >= 11 is 1.66. The molecule has 0 aliphatic carbocycles. The van der Waals surface area contributed by atoms with Crippen LogP contribution in [0, 0.1) is 5.82 Å². The molecule has 1 N–H and O–H groups in total. The third-order valence-electron chi connectivity index (χ3n) is 2.63. The standard InChI is InChI=1S/C15H16FNS/c1-17-10-12-5-4-7-14(9-12)18-11-13-6-2-3-8-15(13)16/h2-9,17H,10-11H2,1H3. The molecule has 0 saturated carbocycles. The Labute approximate surface area is 111 Å². The second kappa shape index (κ2) is 6.57. The highest BCUT2D eigenvalue weighted by molar-refractivity contribution is 7.98. The summed E-state index contributed by atoms with van der Waals surface area (Å²) in [6.07, 6.45) is 0. The van der Waals surface area contributed by atoms with Crippen molar-refractivity contribution in [2.24, 2.45) is 0 Å². The first-order valence-corrected chi connectivity index (χ1v) is 6.88. The fraction of sp³-hybridized carbons (Fsp3) is 0.200. The highest BCUT2D eigenvalue weighted by Crippen LogP contribution is 2.24. The maximum Gasteiger partial charge on any atom is 0.127 e. The van der Waals surface area contributed by atoms with E-state index in [1.165, 1.54) is 16.5 Å². The summed E-state index contributed by atoms with van der Waals surface area (Å²) in [5.74, 6) is 0.534. The maximum absolute atomic E-state index is 13.5. The van der Waals surface area contributed by atoms with Crippen molar-refractivity contribution in [3.8, 4) is 0 Å². The second-order valence-corrected chi connectivity index (χ2v) is 5.11. The fourth-order valence-electron chi connectivity index (χ4n) is 1.73. The minimum absolute atomic E-state index is 0.128. The summed E-state index contributed by atoms with van der Waals surface area (Å²) in [6.45, 7) is 0.855. The van der Waals surface area contributed by atoms with Gasteiger partial charge in [-0.3, -0.25) is 0 Å². The lowest BCUT2D eigenvalue weighted by Gasteiger charge is -2.05. The minimum Gasteiger partial charge on any atom is -0.316 e. The molecule has 94 valence electrons. The second-order valence-electron chi connectivity index (χ2n) is 4.06. The van der Waals surface area contributed by atoms with Crippen LogP contribution in [0.4, 0.5) is 4.39 Å². The predicted octanol–water partition coefficient (Wildman–Crippen LogP) is 3.84. The average molecular weight is 261 g/mol. The molecule has 0 spiro atoms. The number of halogens is 1. The number of hydrogen-bond acceptors (Lipinski definition) is 2. The summed E-state index contributed by atoms with van der Waals surface area (Å²) in [5, 5.41) is 3.12. The Kier molecular flexibility index (Phi) is 4.79. The molecule has 1 nitrogen and oxygen atoms in total. The van der Waals surface area contributed by atoms with Crippen molar-refractivity contribution in [1.82, 2.24) is 5.32 Å². The Bertz CT molecular complexity index is 513. The largest absolute Gasteiger partial charge is 0.316 e. The van der Waals surface area contributed by atoms with Gasteiger partial charge in [0.15, 0.2) is 0 Å². The van der Waals surface area contributed by atoms with Crippen LogP contribution in [0.15, 0.2) is 53.4 Å². The van der Waals surface area contributed by atoms with Crippen LogP contribution in [0.1, 0.15) is 11.1 Å². The lowest BCUT2D eigenvalue weighted by molar-refractivity contribution is 0.617. The van der Waals surface area contributed by atoms with Crippen molar-refractivity contribution in [3.05, 3.63) is 65.5 Å². The van der Waals surface area contributed by atoms with E-state index in [-0.39, 0.29) is 5.82 Å². The molecule has 0 amide bonds. The van der Waals surface area contributed by atoms with Gasteiger partial charge in [-0.15, -0.1) is 11.8 Å². The van der Waals surface area contributed by atoms with Crippen LogP contribution in [0.25, 0.3) is 0 Å². The summed E-state index contributed by atoms with van der Waals surface area (Å²) in [4.78, 5) is 1.17. The van der Waals surface area contributed by atoms with E-state index < -0.39 is 0 Å². The zero-order valence-electron chi connectivity index (χ0n) is 10.3. The average Bonchev–Trinajstić information content (AvgIpc) is 2.39. The van der Waals surface area contributed by atoms with Crippen LogP contribution in [-0.2, 0) is 12.3 Å². The van der Waals surface area contributed by atoms with E-state index >= 15 is 0 Å². The Morgan fingerprint density at radius 1 is 1.11 bits per heavy atom. The number of benzene rings is 2. The van der Waals surface area contributed by atoms with E-state index in [0.717, 1.165) is 12.1 Å². The number of rotatable bonds is 5. The van der Waals surface area contributed by atoms with E-state index in [4.69, 9.17) is 0 Å².